The summed E-state index contributed by atoms with van der Waals surface area (Å²) < 4.78 is 16.3. The molecule has 3 heterocycles. The van der Waals surface area contributed by atoms with Crippen LogP contribution in [0.5, 0.6) is 11.5 Å². The minimum atomic E-state index is -1.26. The van der Waals surface area contributed by atoms with E-state index in [0.29, 0.717) is 49.2 Å². The fraction of sp³-hybridized carbons (Fsp3) is 0.512. The summed E-state index contributed by atoms with van der Waals surface area (Å²) in [4.78, 5) is 62.4. The largest absolute Gasteiger partial charge is 0.486 e. The first-order valence-electron chi connectivity index (χ1n) is 19.9. The van der Waals surface area contributed by atoms with Gasteiger partial charge in [-0.05, 0) is 52.6 Å². The van der Waals surface area contributed by atoms with E-state index in [0.717, 1.165) is 11.1 Å². The van der Waals surface area contributed by atoms with Gasteiger partial charge >= 0.3 is 12.1 Å². The number of carbonyl (C=O) groups is 4. The number of rotatable bonds is 16. The number of aliphatic hydroxyl groups is 2. The number of pyridine rings is 1. The first kappa shape index (κ1) is 44.6. The quantitative estimate of drug-likeness (QED) is 0.133. The van der Waals surface area contributed by atoms with E-state index < -0.39 is 53.0 Å². The molecule has 4 atom stereocenters. The first-order chi connectivity index (χ1) is 28.0. The lowest BCUT2D eigenvalue weighted by Crippen LogP contribution is -2.61. The Bertz CT molecular complexity index is 1920. The zero-order valence-electron chi connectivity index (χ0n) is 35.1. The third kappa shape index (κ3) is 12.1. The Kier molecular flexibility index (Phi) is 14.8. The number of fused-ring (bicyclic) bond motifs is 1. The van der Waals surface area contributed by atoms with Crippen molar-refractivity contribution in [2.75, 3.05) is 40.0 Å². The number of alkyl carbamates (subject to hydrolysis) is 1. The second-order valence-corrected chi connectivity index (χ2v) is 17.1. The molecule has 5 rings (SSSR count). The molecule has 0 spiro atoms. The van der Waals surface area contributed by atoms with Crippen LogP contribution < -0.4 is 25.5 Å². The van der Waals surface area contributed by atoms with E-state index in [9.17, 15) is 29.4 Å². The lowest BCUT2D eigenvalue weighted by atomic mass is 9.84. The van der Waals surface area contributed by atoms with Crippen molar-refractivity contribution in [3.63, 3.8) is 0 Å². The normalized spacial score (nSPS) is 16.3. The van der Waals surface area contributed by atoms with Gasteiger partial charge in [-0.15, -0.1) is 0 Å². The first-order valence-corrected chi connectivity index (χ1v) is 19.9. The average Bonchev–Trinajstić information content (AvgIpc) is 3.53. The Hall–Kier alpha value is -5.45. The van der Waals surface area contributed by atoms with Crippen molar-refractivity contribution in [2.24, 2.45) is 10.8 Å². The van der Waals surface area contributed by atoms with E-state index in [2.05, 4.69) is 21.0 Å². The van der Waals surface area contributed by atoms with Crippen LogP contribution in [-0.4, -0.2) is 118 Å². The molecule has 2 aliphatic rings. The lowest BCUT2D eigenvalue weighted by Gasteiger charge is -2.38. The van der Waals surface area contributed by atoms with Crippen LogP contribution in [0, 0.1) is 10.8 Å². The van der Waals surface area contributed by atoms with Crippen molar-refractivity contribution in [3.8, 4) is 11.5 Å². The molecule has 3 aromatic rings. The Morgan fingerprint density at radius 3 is 2.22 bits per heavy atom. The number of carbonyl (C=O) groups excluding carboxylic acids is 4. The van der Waals surface area contributed by atoms with Gasteiger partial charge in [-0.25, -0.2) is 14.6 Å². The molecule has 320 valence electrons. The van der Waals surface area contributed by atoms with E-state index in [1.165, 1.54) is 7.11 Å². The monoisotopic (exact) mass is 817 g/mol. The highest BCUT2D eigenvalue weighted by Gasteiger charge is 2.44. The van der Waals surface area contributed by atoms with Crippen molar-refractivity contribution in [1.82, 2.24) is 35.9 Å². The molecule has 1 fully saturated rings. The summed E-state index contributed by atoms with van der Waals surface area (Å²) >= 11 is 0. The Morgan fingerprint density at radius 2 is 1.56 bits per heavy atom. The van der Waals surface area contributed by atoms with E-state index in [1.807, 2.05) is 57.2 Å². The second kappa shape index (κ2) is 19.5. The van der Waals surface area contributed by atoms with Crippen LogP contribution in [0.1, 0.15) is 64.1 Å². The van der Waals surface area contributed by atoms with Gasteiger partial charge in [0.1, 0.15) is 25.3 Å². The number of benzene rings is 2. The van der Waals surface area contributed by atoms with Gasteiger partial charge < -0.3 is 44.9 Å². The smallest absolute Gasteiger partial charge is 0.407 e. The number of ether oxygens (including phenoxy) is 3. The topological polar surface area (TPSA) is 195 Å². The molecule has 16 heteroatoms. The summed E-state index contributed by atoms with van der Waals surface area (Å²) in [5.41, 5.74) is 4.19. The van der Waals surface area contributed by atoms with Crippen LogP contribution in [0.4, 0.5) is 9.59 Å². The number of aliphatic hydroxyl groups excluding tert-OH is 2. The highest BCUT2D eigenvalue weighted by molar-refractivity contribution is 5.89. The minimum absolute atomic E-state index is 0.110. The molecule has 16 nitrogen and oxygen atoms in total. The van der Waals surface area contributed by atoms with E-state index in [-0.39, 0.29) is 38.7 Å². The highest BCUT2D eigenvalue weighted by Crippen LogP contribution is 2.32. The molecule has 5 N–H and O–H groups in total. The van der Waals surface area contributed by atoms with Gasteiger partial charge in [0.2, 0.25) is 5.91 Å². The maximum atomic E-state index is 14.6. The number of hydrogen-bond acceptors (Lipinski definition) is 11. The number of urea groups is 1. The van der Waals surface area contributed by atoms with E-state index in [1.54, 1.807) is 65.9 Å². The van der Waals surface area contributed by atoms with Gasteiger partial charge in [0, 0.05) is 26.2 Å². The zero-order valence-corrected chi connectivity index (χ0v) is 35.1. The van der Waals surface area contributed by atoms with E-state index in [4.69, 9.17) is 14.2 Å². The van der Waals surface area contributed by atoms with Gasteiger partial charge in [0.05, 0.1) is 43.8 Å². The lowest BCUT2D eigenvalue weighted by molar-refractivity contribution is -0.133. The Morgan fingerprint density at radius 1 is 0.864 bits per heavy atom. The molecule has 0 bridgehead atoms. The van der Waals surface area contributed by atoms with Crippen molar-refractivity contribution < 1.29 is 43.6 Å². The van der Waals surface area contributed by atoms with Gasteiger partial charge in [0.25, 0.3) is 5.91 Å². The van der Waals surface area contributed by atoms with Gasteiger partial charge in [0.15, 0.2) is 11.5 Å². The fourth-order valence-corrected chi connectivity index (χ4v) is 7.29. The van der Waals surface area contributed by atoms with Crippen LogP contribution in [0.25, 0.3) is 0 Å². The standard InChI is InChI=1S/C43H59N7O9/c1-42(2,3)36(46-40(55)57-7)38(53)47-49(24-29-16-17-34-35(23-29)59-21-20-58-34)26-33(52)32(22-28-12-9-8-10-13-28)45-39(54)37(43(4,5)6)50-19-18-48(41(50)56)25-30-14-11-15-31(27-51)44-30/h8-17,23,32-33,36-37,51-52H,18-22,24-27H2,1-7H3,(H,45,54)(H,46,55)(H,47,53)/t32-,33-,36+,37+/m0/s1. The number of aromatic nitrogens is 1. The summed E-state index contributed by atoms with van der Waals surface area (Å²) in [6, 6.07) is 17.0. The van der Waals surface area contributed by atoms with Crippen LogP contribution in [0.15, 0.2) is 66.7 Å². The number of nitrogens with zero attached hydrogens (tertiary/aromatic N) is 4. The van der Waals surface area contributed by atoms with Crippen LogP contribution in [0.3, 0.4) is 0 Å². The molecule has 0 saturated carbocycles. The van der Waals surface area contributed by atoms with Crippen LogP contribution in [-0.2, 0) is 40.4 Å². The van der Waals surface area contributed by atoms with Crippen molar-refractivity contribution in [2.45, 2.75) is 91.9 Å². The van der Waals surface area contributed by atoms with Crippen LogP contribution >= 0.6 is 0 Å². The molecule has 2 aromatic carbocycles. The van der Waals surface area contributed by atoms with Crippen molar-refractivity contribution in [3.05, 3.63) is 89.2 Å². The van der Waals surface area contributed by atoms with Gasteiger partial charge in [-0.3, -0.25) is 20.0 Å². The second-order valence-electron chi connectivity index (χ2n) is 17.1. The van der Waals surface area contributed by atoms with E-state index >= 15 is 0 Å². The number of hydrazine groups is 1. The molecule has 0 aliphatic carbocycles. The molecule has 0 radical (unpaired) electrons. The highest BCUT2D eigenvalue weighted by atomic mass is 16.6. The molecular formula is C43H59N7O9. The minimum Gasteiger partial charge on any atom is -0.486 e. The third-order valence-electron chi connectivity index (χ3n) is 10.2. The van der Waals surface area contributed by atoms with Gasteiger partial charge in [-0.2, -0.15) is 0 Å². The summed E-state index contributed by atoms with van der Waals surface area (Å²) in [7, 11) is 1.22. The maximum absolute atomic E-state index is 14.6. The SMILES string of the molecule is COC(=O)N[C@H](C(=O)NN(Cc1ccc2c(c1)OCCO2)C[C@H](O)[C@H](Cc1ccccc1)NC(=O)[C@@H](N1CCN(Cc2cccc(CO)n2)C1=O)C(C)(C)C)C(C)(C)C. The summed E-state index contributed by atoms with van der Waals surface area (Å²) in [5.74, 6) is 0.162. The fourth-order valence-electron chi connectivity index (χ4n) is 7.29. The van der Waals surface area contributed by atoms with Crippen molar-refractivity contribution >= 4 is 23.9 Å². The third-order valence-corrected chi connectivity index (χ3v) is 10.2. The number of amides is 5. The molecule has 2 aliphatic heterocycles. The average molecular weight is 818 g/mol. The van der Waals surface area contributed by atoms with Crippen LogP contribution in [0.2, 0.25) is 0 Å². The molecule has 5 amide bonds. The Balaban J connectivity index is 1.41. The molecule has 1 saturated heterocycles. The number of methoxy groups -OCH3 is 1. The zero-order chi connectivity index (χ0) is 42.9. The van der Waals surface area contributed by atoms with Crippen molar-refractivity contribution in [1.29, 1.82) is 0 Å². The Labute approximate surface area is 346 Å². The molecular weight excluding hydrogens is 759 g/mol. The molecule has 59 heavy (non-hydrogen) atoms. The summed E-state index contributed by atoms with van der Waals surface area (Å²) in [6.07, 6.45) is -1.79. The number of nitrogens with one attached hydrogen (secondary N) is 3. The predicted molar refractivity (Wildman–Crippen MR) is 219 cm³/mol. The summed E-state index contributed by atoms with van der Waals surface area (Å²) in [5, 5.41) is 29.0. The number of hydrogen-bond donors (Lipinski definition) is 5. The molecule has 1 aromatic heterocycles. The molecule has 0 unspecified atom stereocenters. The maximum Gasteiger partial charge on any atom is 0.407 e. The van der Waals surface area contributed by atoms with Gasteiger partial charge in [-0.1, -0.05) is 84.0 Å². The summed E-state index contributed by atoms with van der Waals surface area (Å²) in [6.45, 7) is 12.5. The predicted octanol–water partition coefficient (Wildman–Crippen LogP) is 3.39.